The second-order valence-corrected chi connectivity index (χ2v) is 7.17. The molecule has 2 saturated heterocycles. The molecule has 7 heteroatoms. The lowest BCUT2D eigenvalue weighted by Crippen LogP contribution is -2.58. The number of carbonyl (C=O) groups excluding carboxylic acids is 1. The van der Waals surface area contributed by atoms with Crippen LogP contribution in [0.1, 0.15) is 25.5 Å². The van der Waals surface area contributed by atoms with Crippen LogP contribution in [0.25, 0.3) is 0 Å². The molecule has 3 rings (SSSR count). The van der Waals surface area contributed by atoms with E-state index in [4.69, 9.17) is 4.74 Å². The lowest BCUT2D eigenvalue weighted by molar-refractivity contribution is -0.145. The number of ether oxygens (including phenoxy) is 1. The molecular formula is C18H25N3O4. The van der Waals surface area contributed by atoms with Gasteiger partial charge in [-0.15, -0.1) is 0 Å². The highest BCUT2D eigenvalue weighted by Crippen LogP contribution is 2.34. The molecular weight excluding hydrogens is 322 g/mol. The van der Waals surface area contributed by atoms with Crippen LogP contribution in [0, 0.1) is 5.92 Å². The van der Waals surface area contributed by atoms with E-state index in [2.05, 4.69) is 9.88 Å². The minimum Gasteiger partial charge on any atom is -0.481 e. The first-order valence-corrected chi connectivity index (χ1v) is 8.67. The largest absolute Gasteiger partial charge is 0.481 e. The molecule has 0 aliphatic carbocycles. The Hall–Kier alpha value is -1.99. The normalized spacial score (nSPS) is 25.1. The number of amides is 1. The third kappa shape index (κ3) is 3.52. The third-order valence-electron chi connectivity index (χ3n) is 5.32. The smallest absolute Gasteiger partial charge is 0.309 e. The zero-order chi connectivity index (χ0) is 18.0. The predicted molar refractivity (Wildman–Crippen MR) is 91.2 cm³/mol. The fourth-order valence-electron chi connectivity index (χ4n) is 3.76. The van der Waals surface area contributed by atoms with E-state index in [9.17, 15) is 14.7 Å². The lowest BCUT2D eigenvalue weighted by atomic mass is 9.93. The van der Waals surface area contributed by atoms with Crippen molar-refractivity contribution in [2.75, 3.05) is 39.4 Å². The first-order chi connectivity index (χ1) is 11.9. The number of likely N-dealkylation sites (tertiary alicyclic amines) is 1. The van der Waals surface area contributed by atoms with Gasteiger partial charge in [-0.05, 0) is 26.0 Å². The average Bonchev–Trinajstić information content (AvgIpc) is 3.08. The quantitative estimate of drug-likeness (QED) is 0.868. The van der Waals surface area contributed by atoms with Gasteiger partial charge in [0.15, 0.2) is 0 Å². The average molecular weight is 347 g/mol. The molecule has 2 aliphatic rings. The highest BCUT2D eigenvalue weighted by Gasteiger charge is 2.46. The maximum absolute atomic E-state index is 13.1. The van der Waals surface area contributed by atoms with Crippen molar-refractivity contribution in [3.8, 4) is 0 Å². The molecule has 3 heterocycles. The number of aromatic nitrogens is 1. The van der Waals surface area contributed by atoms with E-state index in [-0.39, 0.29) is 18.4 Å². The fourth-order valence-corrected chi connectivity index (χ4v) is 3.76. The molecule has 1 amide bonds. The van der Waals surface area contributed by atoms with E-state index < -0.39 is 17.4 Å². The van der Waals surface area contributed by atoms with Gasteiger partial charge in [-0.3, -0.25) is 19.5 Å². The molecule has 1 aromatic heterocycles. The highest BCUT2D eigenvalue weighted by molar-refractivity contribution is 5.87. The van der Waals surface area contributed by atoms with Crippen molar-refractivity contribution in [1.82, 2.24) is 14.8 Å². The second kappa shape index (κ2) is 7.09. The van der Waals surface area contributed by atoms with Crippen LogP contribution in [0.15, 0.2) is 24.4 Å². The zero-order valence-electron chi connectivity index (χ0n) is 14.7. The summed E-state index contributed by atoms with van der Waals surface area (Å²) in [5, 5.41) is 9.60. The molecule has 0 radical (unpaired) electrons. The summed E-state index contributed by atoms with van der Waals surface area (Å²) >= 11 is 0. The van der Waals surface area contributed by atoms with Crippen molar-refractivity contribution in [3.63, 3.8) is 0 Å². The van der Waals surface area contributed by atoms with Crippen molar-refractivity contribution in [2.24, 2.45) is 5.92 Å². The SMILES string of the molecule is CC(C)(C(=O)N1C[C@@H](C(=O)O)[C@H](c2ccccn2)C1)N1CCOCC1. The van der Waals surface area contributed by atoms with Crippen molar-refractivity contribution < 1.29 is 19.4 Å². The first-order valence-electron chi connectivity index (χ1n) is 8.67. The molecule has 7 nitrogen and oxygen atoms in total. The van der Waals surface area contributed by atoms with Crippen molar-refractivity contribution >= 4 is 11.9 Å². The zero-order valence-corrected chi connectivity index (χ0v) is 14.7. The molecule has 0 saturated carbocycles. The number of hydrogen-bond donors (Lipinski definition) is 1. The van der Waals surface area contributed by atoms with Crippen molar-refractivity contribution in [2.45, 2.75) is 25.3 Å². The molecule has 0 aromatic carbocycles. The van der Waals surface area contributed by atoms with E-state index in [1.54, 1.807) is 17.2 Å². The summed E-state index contributed by atoms with van der Waals surface area (Å²) in [5.41, 5.74) is 0.0561. The Balaban J connectivity index is 1.78. The van der Waals surface area contributed by atoms with Gasteiger partial charge in [0.05, 0.1) is 24.7 Å². The van der Waals surface area contributed by atoms with Crippen molar-refractivity contribution in [1.29, 1.82) is 0 Å². The molecule has 0 unspecified atom stereocenters. The number of carbonyl (C=O) groups is 2. The number of morpholine rings is 1. The number of pyridine rings is 1. The van der Waals surface area contributed by atoms with Gasteiger partial charge in [-0.1, -0.05) is 6.07 Å². The fraction of sp³-hybridized carbons (Fsp3) is 0.611. The molecule has 0 spiro atoms. The van der Waals surface area contributed by atoms with Crippen LogP contribution in [0.4, 0.5) is 0 Å². The Kier molecular flexibility index (Phi) is 5.06. The van der Waals surface area contributed by atoms with Gasteiger partial charge >= 0.3 is 5.97 Å². The topological polar surface area (TPSA) is 83.0 Å². The molecule has 1 aromatic rings. The molecule has 25 heavy (non-hydrogen) atoms. The summed E-state index contributed by atoms with van der Waals surface area (Å²) in [6, 6.07) is 5.49. The minimum atomic E-state index is -0.880. The van der Waals surface area contributed by atoms with Gasteiger partial charge in [0.2, 0.25) is 5.91 Å². The number of rotatable bonds is 4. The summed E-state index contributed by atoms with van der Waals surface area (Å²) in [6.45, 7) is 7.08. The number of carboxylic acid groups (broad SMARTS) is 1. The number of nitrogens with zero attached hydrogens (tertiary/aromatic N) is 3. The molecule has 2 aliphatic heterocycles. The van der Waals surface area contributed by atoms with Crippen LogP contribution in [0.3, 0.4) is 0 Å². The Labute approximate surface area is 147 Å². The van der Waals surface area contributed by atoms with Gasteiger partial charge in [0.1, 0.15) is 0 Å². The van der Waals surface area contributed by atoms with Crippen LogP contribution in [-0.2, 0) is 14.3 Å². The van der Waals surface area contributed by atoms with Gasteiger partial charge in [-0.2, -0.15) is 0 Å². The van der Waals surface area contributed by atoms with Gasteiger partial charge in [0, 0.05) is 44.0 Å². The molecule has 1 N–H and O–H groups in total. The van der Waals surface area contributed by atoms with E-state index in [1.807, 2.05) is 26.0 Å². The van der Waals surface area contributed by atoms with Crippen LogP contribution in [-0.4, -0.2) is 76.7 Å². The second-order valence-electron chi connectivity index (χ2n) is 7.17. The molecule has 136 valence electrons. The Morgan fingerprint density at radius 1 is 1.24 bits per heavy atom. The van der Waals surface area contributed by atoms with Crippen LogP contribution in [0.5, 0.6) is 0 Å². The summed E-state index contributed by atoms with van der Waals surface area (Å²) in [4.78, 5) is 33.0. The van der Waals surface area contributed by atoms with Gasteiger partial charge < -0.3 is 14.7 Å². The molecule has 0 bridgehead atoms. The van der Waals surface area contributed by atoms with E-state index >= 15 is 0 Å². The van der Waals surface area contributed by atoms with Gasteiger partial charge in [0.25, 0.3) is 0 Å². The number of carboxylic acids is 1. The maximum atomic E-state index is 13.1. The molecule has 2 fully saturated rings. The predicted octanol–water partition coefficient (Wildman–Crippen LogP) is 0.819. The third-order valence-corrected chi connectivity index (χ3v) is 5.32. The van der Waals surface area contributed by atoms with E-state index in [0.29, 0.717) is 32.8 Å². The van der Waals surface area contributed by atoms with Crippen LogP contribution < -0.4 is 0 Å². The Morgan fingerprint density at radius 3 is 2.56 bits per heavy atom. The van der Waals surface area contributed by atoms with Gasteiger partial charge in [-0.25, -0.2) is 0 Å². The minimum absolute atomic E-state index is 0.0286. The summed E-state index contributed by atoms with van der Waals surface area (Å²) in [5.74, 6) is -1.81. The highest BCUT2D eigenvalue weighted by atomic mass is 16.5. The first kappa shape index (κ1) is 17.8. The summed E-state index contributed by atoms with van der Waals surface area (Å²) in [7, 11) is 0. The summed E-state index contributed by atoms with van der Waals surface area (Å²) < 4.78 is 5.37. The standard InChI is InChI=1S/C18H25N3O4/c1-18(2,21-7-9-25-10-8-21)17(24)20-11-13(14(12-20)16(22)23)15-5-3-4-6-19-15/h3-6,13-14H,7-12H2,1-2H3,(H,22,23)/t13-,14-/m1/s1. The molecule has 2 atom stereocenters. The Bertz CT molecular complexity index is 628. The maximum Gasteiger partial charge on any atom is 0.309 e. The monoisotopic (exact) mass is 347 g/mol. The Morgan fingerprint density at radius 2 is 1.96 bits per heavy atom. The van der Waals surface area contributed by atoms with E-state index in [0.717, 1.165) is 5.69 Å². The van der Waals surface area contributed by atoms with Crippen molar-refractivity contribution in [3.05, 3.63) is 30.1 Å². The number of hydrogen-bond acceptors (Lipinski definition) is 5. The number of aliphatic carboxylic acids is 1. The van der Waals surface area contributed by atoms with Crippen LogP contribution in [0.2, 0.25) is 0 Å². The van der Waals surface area contributed by atoms with E-state index in [1.165, 1.54) is 0 Å². The summed E-state index contributed by atoms with van der Waals surface area (Å²) in [6.07, 6.45) is 1.66. The van der Waals surface area contributed by atoms with Crippen LogP contribution >= 0.6 is 0 Å². The lowest BCUT2D eigenvalue weighted by Gasteiger charge is -2.41.